The lowest BCUT2D eigenvalue weighted by Crippen LogP contribution is -2.14. The summed E-state index contributed by atoms with van der Waals surface area (Å²) in [6, 6.07) is 16.2. The summed E-state index contributed by atoms with van der Waals surface area (Å²) in [5.41, 5.74) is 4.25. The predicted molar refractivity (Wildman–Crippen MR) is 110 cm³/mol. The van der Waals surface area contributed by atoms with Gasteiger partial charge in [-0.05, 0) is 49.6 Å². The third kappa shape index (κ3) is 4.47. The molecule has 2 aromatic carbocycles. The van der Waals surface area contributed by atoms with Crippen molar-refractivity contribution in [1.82, 2.24) is 9.55 Å². The topological polar surface area (TPSA) is 46.9 Å². The van der Waals surface area contributed by atoms with Crippen molar-refractivity contribution in [2.45, 2.75) is 44.8 Å². The second-order valence-corrected chi connectivity index (χ2v) is 7.21. The summed E-state index contributed by atoms with van der Waals surface area (Å²) in [6.07, 6.45) is 3.48. The number of nitrogens with zero attached hydrogens (tertiary/aromatic N) is 2. The summed E-state index contributed by atoms with van der Waals surface area (Å²) < 4.78 is 2.15. The predicted octanol–water partition coefficient (Wildman–Crippen LogP) is 5.13. The second kappa shape index (κ2) is 8.90. The Bertz CT molecular complexity index is 871. The highest BCUT2D eigenvalue weighted by Crippen LogP contribution is 2.24. The van der Waals surface area contributed by atoms with Gasteiger partial charge in [0.15, 0.2) is 5.16 Å². The first kappa shape index (κ1) is 18.5. The molecule has 0 saturated heterocycles. The van der Waals surface area contributed by atoms with Crippen molar-refractivity contribution in [2.24, 2.45) is 0 Å². The summed E-state index contributed by atoms with van der Waals surface area (Å²) in [5.74, 6) is 0.340. The standard InChI is InChI=1S/C21H25N3OS/c1-3-5-8-16-11-13-17(14-12-16)22-20(25)15-26-21-23-18-9-6-7-10-19(18)24(21)4-2/h6-7,9-14H,3-5,8,15H2,1-2H3,(H,22,25). The van der Waals surface area contributed by atoms with Crippen molar-refractivity contribution in [3.8, 4) is 0 Å². The minimum Gasteiger partial charge on any atom is -0.325 e. The Labute approximate surface area is 159 Å². The zero-order valence-corrected chi connectivity index (χ0v) is 16.2. The van der Waals surface area contributed by atoms with Crippen LogP contribution in [0.2, 0.25) is 0 Å². The molecule has 1 aromatic heterocycles. The van der Waals surface area contributed by atoms with Gasteiger partial charge in [-0.15, -0.1) is 0 Å². The maximum absolute atomic E-state index is 12.3. The highest BCUT2D eigenvalue weighted by Gasteiger charge is 2.11. The van der Waals surface area contributed by atoms with Gasteiger partial charge in [0, 0.05) is 12.2 Å². The van der Waals surface area contributed by atoms with Crippen molar-refractivity contribution in [3.05, 3.63) is 54.1 Å². The smallest absolute Gasteiger partial charge is 0.234 e. The first-order chi connectivity index (χ1) is 12.7. The number of amides is 1. The van der Waals surface area contributed by atoms with E-state index in [1.54, 1.807) is 0 Å². The molecule has 4 nitrogen and oxygen atoms in total. The average molecular weight is 368 g/mol. The largest absolute Gasteiger partial charge is 0.325 e. The molecule has 5 heteroatoms. The molecule has 26 heavy (non-hydrogen) atoms. The third-order valence-corrected chi connectivity index (χ3v) is 5.30. The molecule has 0 aliphatic carbocycles. The van der Waals surface area contributed by atoms with E-state index in [1.165, 1.54) is 30.2 Å². The number of hydrogen-bond donors (Lipinski definition) is 1. The number of carbonyl (C=O) groups excluding carboxylic acids is 1. The van der Waals surface area contributed by atoms with Gasteiger partial charge in [0.2, 0.25) is 5.91 Å². The van der Waals surface area contributed by atoms with Crippen LogP contribution in [0.1, 0.15) is 32.3 Å². The molecule has 0 unspecified atom stereocenters. The van der Waals surface area contributed by atoms with Gasteiger partial charge < -0.3 is 9.88 Å². The van der Waals surface area contributed by atoms with E-state index in [1.807, 2.05) is 30.3 Å². The molecule has 1 amide bonds. The first-order valence-electron chi connectivity index (χ1n) is 9.18. The number of fused-ring (bicyclic) bond motifs is 1. The summed E-state index contributed by atoms with van der Waals surface area (Å²) in [5, 5.41) is 3.86. The Morgan fingerprint density at radius 3 is 2.62 bits per heavy atom. The van der Waals surface area contributed by atoms with E-state index in [-0.39, 0.29) is 5.91 Å². The van der Waals surface area contributed by atoms with E-state index in [4.69, 9.17) is 0 Å². The minimum absolute atomic E-state index is 0.00832. The zero-order valence-electron chi connectivity index (χ0n) is 15.4. The molecule has 0 bridgehead atoms. The molecule has 0 radical (unpaired) electrons. The van der Waals surface area contributed by atoms with Crippen LogP contribution in [0.15, 0.2) is 53.7 Å². The molecular weight excluding hydrogens is 342 g/mol. The number of imidazole rings is 1. The van der Waals surface area contributed by atoms with Gasteiger partial charge in [-0.1, -0.05) is 49.4 Å². The summed E-state index contributed by atoms with van der Waals surface area (Å²) >= 11 is 1.48. The molecule has 3 rings (SSSR count). The molecule has 0 saturated carbocycles. The molecule has 0 aliphatic heterocycles. The Morgan fingerprint density at radius 1 is 1.12 bits per heavy atom. The maximum atomic E-state index is 12.3. The quantitative estimate of drug-likeness (QED) is 0.562. The lowest BCUT2D eigenvalue weighted by atomic mass is 10.1. The number of rotatable bonds is 8. The fourth-order valence-electron chi connectivity index (χ4n) is 2.93. The number of unbranched alkanes of at least 4 members (excludes halogenated alkanes) is 1. The average Bonchev–Trinajstić information content (AvgIpc) is 3.03. The Balaban J connectivity index is 1.59. The Hall–Kier alpha value is -2.27. The monoisotopic (exact) mass is 367 g/mol. The van der Waals surface area contributed by atoms with Crippen LogP contribution in [0, 0.1) is 0 Å². The lowest BCUT2D eigenvalue weighted by molar-refractivity contribution is -0.113. The number of thioether (sulfide) groups is 1. The van der Waals surface area contributed by atoms with Gasteiger partial charge in [-0.2, -0.15) is 0 Å². The van der Waals surface area contributed by atoms with Gasteiger partial charge in [-0.25, -0.2) is 4.98 Å². The number of hydrogen-bond acceptors (Lipinski definition) is 3. The maximum Gasteiger partial charge on any atom is 0.234 e. The van der Waals surface area contributed by atoms with Crippen LogP contribution in [0.25, 0.3) is 11.0 Å². The van der Waals surface area contributed by atoms with Crippen molar-refractivity contribution >= 4 is 34.4 Å². The summed E-state index contributed by atoms with van der Waals surface area (Å²) in [6.45, 7) is 5.13. The SMILES string of the molecule is CCCCc1ccc(NC(=O)CSc2nc3ccccc3n2CC)cc1. The van der Waals surface area contributed by atoms with Gasteiger partial charge in [0.1, 0.15) is 0 Å². The molecular formula is C21H25N3OS. The Morgan fingerprint density at radius 2 is 1.88 bits per heavy atom. The van der Waals surface area contributed by atoms with Crippen LogP contribution in [0.3, 0.4) is 0 Å². The van der Waals surface area contributed by atoms with Crippen LogP contribution in [0.4, 0.5) is 5.69 Å². The number of anilines is 1. The Kier molecular flexibility index (Phi) is 6.34. The molecule has 3 aromatic rings. The van der Waals surface area contributed by atoms with Crippen LogP contribution in [-0.2, 0) is 17.8 Å². The van der Waals surface area contributed by atoms with Crippen LogP contribution in [0.5, 0.6) is 0 Å². The number of nitrogens with one attached hydrogen (secondary N) is 1. The van der Waals surface area contributed by atoms with E-state index < -0.39 is 0 Å². The normalized spacial score (nSPS) is 11.0. The fourth-order valence-corrected chi connectivity index (χ4v) is 3.81. The van der Waals surface area contributed by atoms with Gasteiger partial charge in [0.25, 0.3) is 0 Å². The number of aryl methyl sites for hydroxylation is 2. The lowest BCUT2D eigenvalue weighted by Gasteiger charge is -2.07. The summed E-state index contributed by atoms with van der Waals surface area (Å²) in [7, 11) is 0. The van der Waals surface area contributed by atoms with Gasteiger partial charge in [-0.3, -0.25) is 4.79 Å². The van der Waals surface area contributed by atoms with Crippen LogP contribution in [-0.4, -0.2) is 21.2 Å². The third-order valence-electron chi connectivity index (χ3n) is 4.32. The van der Waals surface area contributed by atoms with Crippen molar-refractivity contribution in [1.29, 1.82) is 0 Å². The molecule has 1 N–H and O–H groups in total. The van der Waals surface area contributed by atoms with E-state index >= 15 is 0 Å². The second-order valence-electron chi connectivity index (χ2n) is 6.26. The van der Waals surface area contributed by atoms with E-state index in [0.717, 1.165) is 34.8 Å². The van der Waals surface area contributed by atoms with Crippen LogP contribution < -0.4 is 5.32 Å². The van der Waals surface area contributed by atoms with Crippen molar-refractivity contribution in [2.75, 3.05) is 11.1 Å². The number of benzene rings is 2. The van der Waals surface area contributed by atoms with E-state index in [2.05, 4.69) is 46.9 Å². The van der Waals surface area contributed by atoms with Gasteiger partial charge >= 0.3 is 0 Å². The highest BCUT2D eigenvalue weighted by atomic mass is 32.2. The minimum atomic E-state index is -0.00832. The van der Waals surface area contributed by atoms with E-state index in [9.17, 15) is 4.79 Å². The van der Waals surface area contributed by atoms with Crippen molar-refractivity contribution < 1.29 is 4.79 Å². The molecule has 0 atom stereocenters. The van der Waals surface area contributed by atoms with Crippen LogP contribution >= 0.6 is 11.8 Å². The zero-order chi connectivity index (χ0) is 18.4. The van der Waals surface area contributed by atoms with E-state index in [0.29, 0.717) is 5.75 Å². The fraction of sp³-hybridized carbons (Fsp3) is 0.333. The molecule has 1 heterocycles. The number of aromatic nitrogens is 2. The van der Waals surface area contributed by atoms with Gasteiger partial charge in [0.05, 0.1) is 16.8 Å². The number of para-hydroxylation sites is 2. The highest BCUT2D eigenvalue weighted by molar-refractivity contribution is 7.99. The summed E-state index contributed by atoms with van der Waals surface area (Å²) in [4.78, 5) is 16.9. The molecule has 136 valence electrons. The first-order valence-corrected chi connectivity index (χ1v) is 10.2. The molecule has 0 spiro atoms. The van der Waals surface area contributed by atoms with Crippen molar-refractivity contribution in [3.63, 3.8) is 0 Å². The number of carbonyl (C=O) groups is 1. The molecule has 0 aliphatic rings. The molecule has 0 fully saturated rings.